The Bertz CT molecular complexity index is 542. The highest BCUT2D eigenvalue weighted by Crippen LogP contribution is 2.19. The summed E-state index contributed by atoms with van der Waals surface area (Å²) >= 11 is 1.36. The molecule has 5 heteroatoms. The third-order valence-electron chi connectivity index (χ3n) is 3.72. The van der Waals surface area contributed by atoms with E-state index in [0.29, 0.717) is 16.8 Å². The second-order valence-electron chi connectivity index (χ2n) is 5.58. The first-order valence-electron chi connectivity index (χ1n) is 7.32. The van der Waals surface area contributed by atoms with Crippen molar-refractivity contribution in [3.8, 4) is 11.8 Å². The molecule has 2 heterocycles. The first kappa shape index (κ1) is 16.0. The molecule has 0 spiro atoms. The van der Waals surface area contributed by atoms with Crippen LogP contribution in [0.2, 0.25) is 0 Å². The fourth-order valence-electron chi connectivity index (χ4n) is 2.48. The molecule has 114 valence electrons. The van der Waals surface area contributed by atoms with Crippen molar-refractivity contribution in [1.82, 2.24) is 10.2 Å². The van der Waals surface area contributed by atoms with E-state index in [1.807, 2.05) is 6.07 Å². The summed E-state index contributed by atoms with van der Waals surface area (Å²) < 4.78 is 0. The molecule has 1 amide bonds. The number of carbonyl (C=O) groups is 1. The Morgan fingerprint density at radius 1 is 1.57 bits per heavy atom. The molecule has 21 heavy (non-hydrogen) atoms. The molecule has 1 aliphatic heterocycles. The van der Waals surface area contributed by atoms with Crippen LogP contribution in [0.1, 0.15) is 34.8 Å². The summed E-state index contributed by atoms with van der Waals surface area (Å²) in [5.41, 5.74) is 0. The quantitative estimate of drug-likeness (QED) is 0.830. The normalized spacial score (nSPS) is 18.6. The number of aliphatic hydroxyl groups is 1. The molecule has 4 nitrogen and oxygen atoms in total. The number of amides is 1. The van der Waals surface area contributed by atoms with E-state index in [1.54, 1.807) is 6.07 Å². The minimum atomic E-state index is -0.159. The second kappa shape index (κ2) is 7.60. The molecule has 2 rings (SSSR count). The lowest BCUT2D eigenvalue weighted by atomic mass is 10.1. The first-order valence-corrected chi connectivity index (χ1v) is 8.13. The molecule has 1 fully saturated rings. The van der Waals surface area contributed by atoms with Crippen molar-refractivity contribution >= 4 is 17.2 Å². The summed E-state index contributed by atoms with van der Waals surface area (Å²) in [6.45, 7) is 7.18. The van der Waals surface area contributed by atoms with Crippen LogP contribution in [-0.4, -0.2) is 48.2 Å². The molecule has 1 saturated heterocycles. The van der Waals surface area contributed by atoms with Crippen LogP contribution in [0.5, 0.6) is 0 Å². The minimum Gasteiger partial charge on any atom is -0.384 e. The van der Waals surface area contributed by atoms with Gasteiger partial charge in [-0.2, -0.15) is 0 Å². The summed E-state index contributed by atoms with van der Waals surface area (Å²) in [5, 5.41) is 11.7. The van der Waals surface area contributed by atoms with Crippen LogP contribution in [-0.2, 0) is 0 Å². The van der Waals surface area contributed by atoms with E-state index in [0.717, 1.165) is 30.9 Å². The smallest absolute Gasteiger partial charge is 0.261 e. The molecule has 1 aliphatic rings. The zero-order chi connectivity index (χ0) is 15.2. The topological polar surface area (TPSA) is 52.6 Å². The van der Waals surface area contributed by atoms with E-state index in [4.69, 9.17) is 5.11 Å². The van der Waals surface area contributed by atoms with Gasteiger partial charge in [-0.05, 0) is 44.9 Å². The summed E-state index contributed by atoms with van der Waals surface area (Å²) in [6.07, 6.45) is 1.15. The van der Waals surface area contributed by atoms with Crippen LogP contribution in [0.3, 0.4) is 0 Å². The zero-order valence-corrected chi connectivity index (χ0v) is 13.4. The fourth-order valence-corrected chi connectivity index (χ4v) is 3.27. The predicted molar refractivity (Wildman–Crippen MR) is 85.4 cm³/mol. The Labute approximate surface area is 130 Å². The van der Waals surface area contributed by atoms with Crippen molar-refractivity contribution in [3.63, 3.8) is 0 Å². The van der Waals surface area contributed by atoms with E-state index in [-0.39, 0.29) is 12.5 Å². The molecule has 1 unspecified atom stereocenters. The van der Waals surface area contributed by atoms with E-state index >= 15 is 0 Å². The average Bonchev–Trinajstić information content (AvgIpc) is 3.11. The van der Waals surface area contributed by atoms with Gasteiger partial charge in [0.05, 0.1) is 9.75 Å². The second-order valence-corrected chi connectivity index (χ2v) is 6.66. The van der Waals surface area contributed by atoms with Crippen LogP contribution >= 0.6 is 11.3 Å². The van der Waals surface area contributed by atoms with Crippen LogP contribution in [0.15, 0.2) is 12.1 Å². The summed E-state index contributed by atoms with van der Waals surface area (Å²) in [4.78, 5) is 16.0. The van der Waals surface area contributed by atoms with Gasteiger partial charge in [-0.25, -0.2) is 0 Å². The van der Waals surface area contributed by atoms with Gasteiger partial charge in [0.2, 0.25) is 0 Å². The van der Waals surface area contributed by atoms with Gasteiger partial charge in [0, 0.05) is 19.1 Å². The van der Waals surface area contributed by atoms with Gasteiger partial charge in [-0.3, -0.25) is 4.79 Å². The van der Waals surface area contributed by atoms with Crippen LogP contribution in [0.4, 0.5) is 0 Å². The highest BCUT2D eigenvalue weighted by molar-refractivity contribution is 7.14. The molecule has 1 aromatic heterocycles. The minimum absolute atomic E-state index is 0.0277. The van der Waals surface area contributed by atoms with Crippen molar-refractivity contribution in [2.45, 2.75) is 26.3 Å². The lowest BCUT2D eigenvalue weighted by Crippen LogP contribution is -2.32. The van der Waals surface area contributed by atoms with Gasteiger partial charge in [0.15, 0.2) is 0 Å². The van der Waals surface area contributed by atoms with Gasteiger partial charge in [-0.1, -0.05) is 11.8 Å². The average molecular weight is 306 g/mol. The molecular weight excluding hydrogens is 284 g/mol. The van der Waals surface area contributed by atoms with Crippen molar-refractivity contribution in [2.75, 3.05) is 26.2 Å². The maximum Gasteiger partial charge on any atom is 0.261 e. The van der Waals surface area contributed by atoms with Gasteiger partial charge in [0.25, 0.3) is 5.91 Å². The van der Waals surface area contributed by atoms with Gasteiger partial charge in [0.1, 0.15) is 6.61 Å². The molecule has 1 aromatic rings. The van der Waals surface area contributed by atoms with Crippen LogP contribution in [0.25, 0.3) is 0 Å². The standard InChI is InChI=1S/C16H22N2O2S/c1-12(2)18-8-7-13(11-18)10-17-16(20)15-6-5-14(21-15)4-3-9-19/h5-6,12-13,19H,7-11H2,1-2H3,(H,17,20). The lowest BCUT2D eigenvalue weighted by Gasteiger charge is -2.20. The molecule has 0 radical (unpaired) electrons. The number of rotatable bonds is 4. The third-order valence-corrected chi connectivity index (χ3v) is 4.72. The molecule has 0 saturated carbocycles. The van der Waals surface area contributed by atoms with E-state index in [9.17, 15) is 4.79 Å². The molecule has 1 atom stereocenters. The maximum atomic E-state index is 12.1. The molecule has 0 aromatic carbocycles. The lowest BCUT2D eigenvalue weighted by molar-refractivity contribution is 0.0951. The zero-order valence-electron chi connectivity index (χ0n) is 12.6. The Hall–Kier alpha value is -1.35. The number of hydrogen-bond donors (Lipinski definition) is 2. The van der Waals surface area contributed by atoms with Crippen molar-refractivity contribution < 1.29 is 9.90 Å². The maximum absolute atomic E-state index is 12.1. The molecule has 2 N–H and O–H groups in total. The summed E-state index contributed by atoms with van der Waals surface area (Å²) in [5.74, 6) is 5.92. The Morgan fingerprint density at radius 3 is 3.05 bits per heavy atom. The SMILES string of the molecule is CC(C)N1CCC(CNC(=O)c2ccc(C#CCO)s2)C1. The Kier molecular flexibility index (Phi) is 5.80. The largest absolute Gasteiger partial charge is 0.384 e. The number of thiophene rings is 1. The number of aliphatic hydroxyl groups excluding tert-OH is 1. The van der Waals surface area contributed by atoms with E-state index in [2.05, 4.69) is 35.9 Å². The molecular formula is C16H22N2O2S. The Morgan fingerprint density at radius 2 is 2.38 bits per heavy atom. The third kappa shape index (κ3) is 4.57. The molecule has 0 bridgehead atoms. The van der Waals surface area contributed by atoms with E-state index in [1.165, 1.54) is 11.3 Å². The Balaban J connectivity index is 1.81. The van der Waals surface area contributed by atoms with Gasteiger partial charge < -0.3 is 15.3 Å². The number of hydrogen-bond acceptors (Lipinski definition) is 4. The fraction of sp³-hybridized carbons (Fsp3) is 0.562. The van der Waals surface area contributed by atoms with Crippen molar-refractivity contribution in [3.05, 3.63) is 21.9 Å². The van der Waals surface area contributed by atoms with E-state index < -0.39 is 0 Å². The van der Waals surface area contributed by atoms with Crippen LogP contribution in [0, 0.1) is 17.8 Å². The number of likely N-dealkylation sites (tertiary alicyclic amines) is 1. The van der Waals surface area contributed by atoms with Crippen molar-refractivity contribution in [1.29, 1.82) is 0 Å². The summed E-state index contributed by atoms with van der Waals surface area (Å²) in [6, 6.07) is 4.19. The number of nitrogens with zero attached hydrogens (tertiary/aromatic N) is 1. The first-order chi connectivity index (χ1) is 10.1. The van der Waals surface area contributed by atoms with Crippen LogP contribution < -0.4 is 5.32 Å². The molecule has 0 aliphatic carbocycles. The van der Waals surface area contributed by atoms with Gasteiger partial charge >= 0.3 is 0 Å². The predicted octanol–water partition coefficient (Wildman–Crippen LogP) is 1.55. The highest BCUT2D eigenvalue weighted by Gasteiger charge is 2.24. The number of carbonyl (C=O) groups excluding carboxylic acids is 1. The van der Waals surface area contributed by atoms with Gasteiger partial charge in [-0.15, -0.1) is 11.3 Å². The van der Waals surface area contributed by atoms with Crippen molar-refractivity contribution in [2.24, 2.45) is 5.92 Å². The monoisotopic (exact) mass is 306 g/mol. The summed E-state index contributed by atoms with van der Waals surface area (Å²) in [7, 11) is 0. The number of nitrogens with one attached hydrogen (secondary N) is 1. The highest BCUT2D eigenvalue weighted by atomic mass is 32.1.